The van der Waals surface area contributed by atoms with Crippen LogP contribution >= 0.6 is 11.8 Å². The molecule has 24 heavy (non-hydrogen) atoms. The largest absolute Gasteiger partial charge is 0.367 e. The minimum atomic E-state index is 0.538. The second-order valence-corrected chi connectivity index (χ2v) is 7.20. The van der Waals surface area contributed by atoms with Crippen LogP contribution in [0.25, 0.3) is 16.9 Å². The van der Waals surface area contributed by atoms with Gasteiger partial charge in [-0.25, -0.2) is 4.98 Å². The molecule has 0 bridgehead atoms. The highest BCUT2D eigenvalue weighted by Gasteiger charge is 2.19. The Morgan fingerprint density at radius 1 is 1.12 bits per heavy atom. The molecule has 0 saturated heterocycles. The molecule has 0 aliphatic heterocycles. The van der Waals surface area contributed by atoms with Crippen molar-refractivity contribution in [3.05, 3.63) is 42.9 Å². The number of anilines is 1. The van der Waals surface area contributed by atoms with E-state index >= 15 is 0 Å². The number of fused-ring (bicyclic) bond motifs is 1. The molecule has 2 aromatic heterocycles. The third kappa shape index (κ3) is 3.00. The highest BCUT2D eigenvalue weighted by atomic mass is 32.2. The number of benzene rings is 1. The number of imidazole rings is 1. The Balaban J connectivity index is 1.76. The summed E-state index contributed by atoms with van der Waals surface area (Å²) in [6.07, 6.45) is 14.2. The molecule has 0 spiro atoms. The van der Waals surface area contributed by atoms with Crippen molar-refractivity contribution < 1.29 is 0 Å². The molecule has 124 valence electrons. The van der Waals surface area contributed by atoms with Gasteiger partial charge < -0.3 is 5.32 Å². The number of nitrogens with one attached hydrogen (secondary N) is 1. The molecule has 4 rings (SSSR count). The molecule has 5 heteroatoms. The normalized spacial score (nSPS) is 15.7. The minimum absolute atomic E-state index is 0.538. The Morgan fingerprint density at radius 2 is 1.92 bits per heavy atom. The summed E-state index contributed by atoms with van der Waals surface area (Å²) in [7, 11) is 0. The fourth-order valence-electron chi connectivity index (χ4n) is 3.44. The zero-order valence-electron chi connectivity index (χ0n) is 13.9. The molecule has 4 nitrogen and oxygen atoms in total. The molecule has 3 aromatic rings. The van der Waals surface area contributed by atoms with Crippen LogP contribution in [0.5, 0.6) is 0 Å². The van der Waals surface area contributed by atoms with Gasteiger partial charge >= 0.3 is 0 Å². The highest BCUT2D eigenvalue weighted by Crippen LogP contribution is 2.32. The summed E-state index contributed by atoms with van der Waals surface area (Å²) < 4.78 is 2.12. The van der Waals surface area contributed by atoms with E-state index in [0.29, 0.717) is 6.04 Å². The average molecular weight is 338 g/mol. The molecule has 2 heterocycles. The smallest absolute Gasteiger partial charge is 0.157 e. The van der Waals surface area contributed by atoms with Crippen LogP contribution in [0.2, 0.25) is 0 Å². The van der Waals surface area contributed by atoms with E-state index in [1.807, 2.05) is 18.6 Å². The summed E-state index contributed by atoms with van der Waals surface area (Å²) in [5.41, 5.74) is 3.05. The highest BCUT2D eigenvalue weighted by molar-refractivity contribution is 7.98. The Kier molecular flexibility index (Phi) is 4.43. The second-order valence-electron chi connectivity index (χ2n) is 6.32. The third-order valence-electron chi connectivity index (χ3n) is 4.74. The topological polar surface area (TPSA) is 42.2 Å². The lowest BCUT2D eigenvalue weighted by Crippen LogP contribution is -2.23. The van der Waals surface area contributed by atoms with Gasteiger partial charge in [-0.2, -0.15) is 0 Å². The third-order valence-corrected chi connectivity index (χ3v) is 5.48. The van der Waals surface area contributed by atoms with E-state index in [4.69, 9.17) is 4.98 Å². The Hall–Kier alpha value is -2.01. The van der Waals surface area contributed by atoms with Gasteiger partial charge in [-0.3, -0.25) is 9.38 Å². The molecule has 1 aliphatic carbocycles. The molecule has 0 atom stereocenters. The van der Waals surface area contributed by atoms with Gasteiger partial charge in [0.1, 0.15) is 11.5 Å². The van der Waals surface area contributed by atoms with Crippen LogP contribution in [-0.2, 0) is 0 Å². The molecule has 0 amide bonds. The summed E-state index contributed by atoms with van der Waals surface area (Å²) >= 11 is 1.76. The van der Waals surface area contributed by atoms with Crippen LogP contribution in [0, 0.1) is 0 Å². The average Bonchev–Trinajstić information content (AvgIpc) is 3.01. The van der Waals surface area contributed by atoms with Crippen molar-refractivity contribution in [2.24, 2.45) is 0 Å². The number of hydrogen-bond acceptors (Lipinski definition) is 4. The van der Waals surface area contributed by atoms with Crippen molar-refractivity contribution in [1.29, 1.82) is 0 Å². The van der Waals surface area contributed by atoms with E-state index in [0.717, 1.165) is 22.7 Å². The molecule has 0 unspecified atom stereocenters. The van der Waals surface area contributed by atoms with E-state index in [-0.39, 0.29) is 0 Å². The summed E-state index contributed by atoms with van der Waals surface area (Å²) in [4.78, 5) is 10.3. The first-order valence-corrected chi connectivity index (χ1v) is 9.80. The fraction of sp³-hybridized carbons (Fsp3) is 0.368. The van der Waals surface area contributed by atoms with E-state index in [1.165, 1.54) is 37.0 Å². The zero-order valence-corrected chi connectivity index (χ0v) is 14.7. The van der Waals surface area contributed by atoms with Crippen LogP contribution in [0.3, 0.4) is 0 Å². The van der Waals surface area contributed by atoms with Crippen LogP contribution in [0.1, 0.15) is 32.1 Å². The first kappa shape index (κ1) is 15.5. The number of rotatable bonds is 4. The Labute approximate surface area is 146 Å². The maximum atomic E-state index is 4.84. The predicted octanol–water partition coefficient (Wildman–Crippen LogP) is 4.86. The summed E-state index contributed by atoms with van der Waals surface area (Å²) in [5, 5.41) is 3.77. The Morgan fingerprint density at radius 3 is 2.67 bits per heavy atom. The molecular formula is C19H22N4S. The molecule has 0 radical (unpaired) electrons. The lowest BCUT2D eigenvalue weighted by molar-refractivity contribution is 0.461. The van der Waals surface area contributed by atoms with E-state index in [1.54, 1.807) is 11.8 Å². The number of aromatic nitrogens is 3. The molecule has 1 N–H and O–H groups in total. The zero-order chi connectivity index (χ0) is 16.4. The fourth-order valence-corrected chi connectivity index (χ4v) is 3.84. The monoisotopic (exact) mass is 338 g/mol. The second kappa shape index (κ2) is 6.85. The van der Waals surface area contributed by atoms with Crippen LogP contribution in [0.4, 0.5) is 5.82 Å². The molecule has 1 saturated carbocycles. The summed E-state index contributed by atoms with van der Waals surface area (Å²) in [5.74, 6) is 1.09. The van der Waals surface area contributed by atoms with Gasteiger partial charge in [-0.15, -0.1) is 11.8 Å². The quantitative estimate of drug-likeness (QED) is 0.690. The summed E-state index contributed by atoms with van der Waals surface area (Å²) in [6, 6.07) is 9.18. The van der Waals surface area contributed by atoms with Gasteiger partial charge in [0.25, 0.3) is 0 Å². The maximum Gasteiger partial charge on any atom is 0.157 e. The summed E-state index contributed by atoms with van der Waals surface area (Å²) in [6.45, 7) is 0. The van der Waals surface area contributed by atoms with E-state index in [2.05, 4.69) is 45.2 Å². The standard InChI is InChI=1S/C19H22N4S/c1-24-16-9-7-14(8-10-16)18-19(21-15-5-3-2-4-6-15)23-12-11-20-13-17(23)22-18/h7-13,15,21H,2-6H2,1H3. The Bertz CT molecular complexity index is 819. The molecule has 1 aromatic carbocycles. The van der Waals surface area contributed by atoms with Crippen LogP contribution in [-0.4, -0.2) is 26.7 Å². The SMILES string of the molecule is CSc1ccc(-c2nc3cnccn3c2NC2CCCCC2)cc1. The molecular weight excluding hydrogens is 316 g/mol. The molecule has 1 fully saturated rings. The van der Waals surface area contributed by atoms with Crippen molar-refractivity contribution in [3.63, 3.8) is 0 Å². The van der Waals surface area contributed by atoms with Crippen molar-refractivity contribution in [2.75, 3.05) is 11.6 Å². The number of thioether (sulfide) groups is 1. The first-order chi connectivity index (χ1) is 11.8. The van der Waals surface area contributed by atoms with Crippen molar-refractivity contribution >= 4 is 23.2 Å². The predicted molar refractivity (Wildman–Crippen MR) is 101 cm³/mol. The maximum absolute atomic E-state index is 4.84. The molecule has 1 aliphatic rings. The minimum Gasteiger partial charge on any atom is -0.367 e. The lowest BCUT2D eigenvalue weighted by atomic mass is 9.95. The van der Waals surface area contributed by atoms with Crippen molar-refractivity contribution in [1.82, 2.24) is 14.4 Å². The van der Waals surface area contributed by atoms with Crippen LogP contribution in [0.15, 0.2) is 47.8 Å². The first-order valence-electron chi connectivity index (χ1n) is 8.58. The van der Waals surface area contributed by atoms with Crippen LogP contribution < -0.4 is 5.32 Å². The number of hydrogen-bond donors (Lipinski definition) is 1. The number of nitrogens with zero attached hydrogens (tertiary/aromatic N) is 3. The van der Waals surface area contributed by atoms with Gasteiger partial charge in [0.15, 0.2) is 5.65 Å². The van der Waals surface area contributed by atoms with Gasteiger partial charge in [0.05, 0.1) is 6.20 Å². The van der Waals surface area contributed by atoms with Gasteiger partial charge in [-0.1, -0.05) is 31.4 Å². The lowest BCUT2D eigenvalue weighted by Gasteiger charge is -2.24. The van der Waals surface area contributed by atoms with Crippen molar-refractivity contribution in [2.45, 2.75) is 43.0 Å². The van der Waals surface area contributed by atoms with Gasteiger partial charge in [-0.05, 0) is 31.2 Å². The van der Waals surface area contributed by atoms with Gasteiger partial charge in [0, 0.05) is 28.9 Å². The van der Waals surface area contributed by atoms with E-state index < -0.39 is 0 Å². The van der Waals surface area contributed by atoms with Crippen molar-refractivity contribution in [3.8, 4) is 11.3 Å². The van der Waals surface area contributed by atoms with E-state index in [9.17, 15) is 0 Å². The van der Waals surface area contributed by atoms with Gasteiger partial charge in [0.2, 0.25) is 0 Å².